The van der Waals surface area contributed by atoms with Gasteiger partial charge in [-0.2, -0.15) is 5.10 Å². The average Bonchev–Trinajstić information content (AvgIpc) is 3.24. The summed E-state index contributed by atoms with van der Waals surface area (Å²) in [6, 6.07) is 6.23. The van der Waals surface area contributed by atoms with Gasteiger partial charge in [-0.1, -0.05) is 18.2 Å². The van der Waals surface area contributed by atoms with Crippen molar-refractivity contribution in [1.82, 2.24) is 25.0 Å². The fourth-order valence-corrected chi connectivity index (χ4v) is 3.27. The summed E-state index contributed by atoms with van der Waals surface area (Å²) in [6.45, 7) is 5.07. The number of carboxylic acid groups (broad SMARTS) is 1. The van der Waals surface area contributed by atoms with E-state index in [0.717, 1.165) is 34.3 Å². The van der Waals surface area contributed by atoms with Crippen LogP contribution in [0.3, 0.4) is 0 Å². The lowest BCUT2D eigenvalue weighted by Crippen LogP contribution is -2.47. The van der Waals surface area contributed by atoms with E-state index in [2.05, 4.69) is 15.4 Å². The number of rotatable bonds is 7. The standard InChI is InChI=1S/C20H25N5O3/c1-4-25-13(2)15(11-22-25)12-24(3)20(28)23-18(19(26)27)9-14-10-21-17-8-6-5-7-16(14)17/h5-8,10-11,18,21H,4,9,12H2,1-3H3,(H,23,28)(H,26,27)/t18-/m0/s1. The largest absolute Gasteiger partial charge is 0.480 e. The first kappa shape index (κ1) is 19.5. The van der Waals surface area contributed by atoms with Crippen molar-refractivity contribution in [2.75, 3.05) is 7.05 Å². The van der Waals surface area contributed by atoms with Gasteiger partial charge in [-0.15, -0.1) is 0 Å². The molecule has 148 valence electrons. The third-order valence-electron chi connectivity index (χ3n) is 4.95. The molecule has 2 heterocycles. The predicted octanol–water partition coefficient (Wildman–Crippen LogP) is 2.53. The van der Waals surface area contributed by atoms with Gasteiger partial charge in [-0.3, -0.25) is 4.68 Å². The molecule has 0 aliphatic rings. The minimum atomic E-state index is -1.07. The average molecular weight is 383 g/mol. The Balaban J connectivity index is 1.68. The van der Waals surface area contributed by atoms with E-state index in [-0.39, 0.29) is 6.42 Å². The van der Waals surface area contributed by atoms with Crippen LogP contribution >= 0.6 is 0 Å². The highest BCUT2D eigenvalue weighted by atomic mass is 16.4. The number of carboxylic acids is 1. The molecule has 3 N–H and O–H groups in total. The van der Waals surface area contributed by atoms with Gasteiger partial charge in [0.25, 0.3) is 0 Å². The molecule has 0 bridgehead atoms. The number of urea groups is 1. The zero-order valence-corrected chi connectivity index (χ0v) is 16.3. The van der Waals surface area contributed by atoms with Crippen molar-refractivity contribution in [2.45, 2.75) is 39.4 Å². The Hall–Kier alpha value is -3.29. The lowest BCUT2D eigenvalue weighted by Gasteiger charge is -2.21. The van der Waals surface area contributed by atoms with Gasteiger partial charge in [0.05, 0.1) is 12.7 Å². The molecule has 2 amide bonds. The third kappa shape index (κ3) is 4.00. The smallest absolute Gasteiger partial charge is 0.326 e. The number of hydrogen-bond donors (Lipinski definition) is 3. The number of hydrogen-bond acceptors (Lipinski definition) is 3. The van der Waals surface area contributed by atoms with Crippen LogP contribution in [0.4, 0.5) is 4.79 Å². The number of H-pyrrole nitrogens is 1. The van der Waals surface area contributed by atoms with E-state index in [9.17, 15) is 14.7 Å². The van der Waals surface area contributed by atoms with Crippen molar-refractivity contribution in [1.29, 1.82) is 0 Å². The number of aromatic amines is 1. The second-order valence-corrected chi connectivity index (χ2v) is 6.83. The lowest BCUT2D eigenvalue weighted by atomic mass is 10.1. The van der Waals surface area contributed by atoms with Crippen molar-refractivity contribution in [3.05, 3.63) is 53.5 Å². The highest BCUT2D eigenvalue weighted by Crippen LogP contribution is 2.19. The van der Waals surface area contributed by atoms with Crippen LogP contribution in [0, 0.1) is 6.92 Å². The van der Waals surface area contributed by atoms with Gasteiger partial charge in [0.2, 0.25) is 0 Å². The molecular weight excluding hydrogens is 358 g/mol. The van der Waals surface area contributed by atoms with Gasteiger partial charge in [0.1, 0.15) is 6.04 Å². The van der Waals surface area contributed by atoms with Gasteiger partial charge in [0, 0.05) is 48.4 Å². The summed E-state index contributed by atoms with van der Waals surface area (Å²) in [5, 5.41) is 17.4. The highest BCUT2D eigenvalue weighted by Gasteiger charge is 2.24. The number of carbonyl (C=O) groups is 2. The van der Waals surface area contributed by atoms with Crippen molar-refractivity contribution < 1.29 is 14.7 Å². The molecule has 0 fully saturated rings. The fraction of sp³-hybridized carbons (Fsp3) is 0.350. The summed E-state index contributed by atoms with van der Waals surface area (Å²) in [4.78, 5) is 28.9. The number of aryl methyl sites for hydroxylation is 1. The van der Waals surface area contributed by atoms with Crippen LogP contribution in [0.25, 0.3) is 10.9 Å². The molecular formula is C20H25N5O3. The van der Waals surface area contributed by atoms with Crippen molar-refractivity contribution >= 4 is 22.9 Å². The van der Waals surface area contributed by atoms with Gasteiger partial charge >= 0.3 is 12.0 Å². The van der Waals surface area contributed by atoms with E-state index in [0.29, 0.717) is 6.54 Å². The lowest BCUT2D eigenvalue weighted by molar-refractivity contribution is -0.139. The molecule has 8 nitrogen and oxygen atoms in total. The van der Waals surface area contributed by atoms with Crippen LogP contribution in [-0.2, 0) is 24.3 Å². The van der Waals surface area contributed by atoms with E-state index in [4.69, 9.17) is 0 Å². The Morgan fingerprint density at radius 2 is 2.07 bits per heavy atom. The molecule has 0 spiro atoms. The molecule has 28 heavy (non-hydrogen) atoms. The first-order valence-corrected chi connectivity index (χ1v) is 9.21. The third-order valence-corrected chi connectivity index (χ3v) is 4.95. The first-order valence-electron chi connectivity index (χ1n) is 9.21. The molecule has 2 aromatic heterocycles. The van der Waals surface area contributed by atoms with Crippen molar-refractivity contribution in [3.8, 4) is 0 Å². The maximum Gasteiger partial charge on any atom is 0.326 e. The van der Waals surface area contributed by atoms with E-state index >= 15 is 0 Å². The zero-order valence-electron chi connectivity index (χ0n) is 16.3. The van der Waals surface area contributed by atoms with Crippen LogP contribution < -0.4 is 5.32 Å². The summed E-state index contributed by atoms with van der Waals surface area (Å²) in [7, 11) is 1.64. The van der Waals surface area contributed by atoms with E-state index < -0.39 is 18.0 Å². The summed E-state index contributed by atoms with van der Waals surface area (Å²) in [5.74, 6) is -1.07. The summed E-state index contributed by atoms with van der Waals surface area (Å²) in [5.41, 5.74) is 3.72. The van der Waals surface area contributed by atoms with Gasteiger partial charge in [-0.25, -0.2) is 9.59 Å². The van der Waals surface area contributed by atoms with E-state index in [1.54, 1.807) is 19.4 Å². The minimum absolute atomic E-state index is 0.200. The molecule has 3 rings (SSSR count). The molecule has 0 saturated heterocycles. The van der Waals surface area contributed by atoms with Gasteiger partial charge < -0.3 is 20.3 Å². The van der Waals surface area contributed by atoms with E-state index in [1.807, 2.05) is 42.8 Å². The molecule has 0 aliphatic carbocycles. The number of benzene rings is 1. The summed E-state index contributed by atoms with van der Waals surface area (Å²) < 4.78 is 1.86. The minimum Gasteiger partial charge on any atom is -0.480 e. The predicted molar refractivity (Wildman–Crippen MR) is 106 cm³/mol. The number of aromatic nitrogens is 3. The highest BCUT2D eigenvalue weighted by molar-refractivity contribution is 5.86. The van der Waals surface area contributed by atoms with Crippen LogP contribution in [0.15, 0.2) is 36.7 Å². The van der Waals surface area contributed by atoms with Crippen molar-refractivity contribution in [3.63, 3.8) is 0 Å². The van der Waals surface area contributed by atoms with Gasteiger partial charge in [-0.05, 0) is 25.5 Å². The first-order chi connectivity index (χ1) is 13.4. The number of nitrogens with zero attached hydrogens (tertiary/aromatic N) is 3. The second-order valence-electron chi connectivity index (χ2n) is 6.83. The topological polar surface area (TPSA) is 103 Å². The van der Waals surface area contributed by atoms with Gasteiger partial charge in [0.15, 0.2) is 0 Å². The second kappa shape index (κ2) is 8.16. The fourth-order valence-electron chi connectivity index (χ4n) is 3.27. The summed E-state index contributed by atoms with van der Waals surface area (Å²) in [6.07, 6.45) is 3.73. The molecule has 1 aromatic carbocycles. The molecule has 8 heteroatoms. The Bertz CT molecular complexity index is 991. The summed E-state index contributed by atoms with van der Waals surface area (Å²) >= 11 is 0. The number of fused-ring (bicyclic) bond motifs is 1. The number of amides is 2. The number of carbonyl (C=O) groups excluding carboxylic acids is 1. The maximum absolute atomic E-state index is 12.6. The molecule has 0 aliphatic heterocycles. The van der Waals surface area contributed by atoms with Crippen LogP contribution in [-0.4, -0.2) is 49.9 Å². The molecule has 3 aromatic rings. The SMILES string of the molecule is CCn1ncc(CN(C)C(=O)N[C@@H](Cc2c[nH]c3ccccc23)C(=O)O)c1C. The normalized spacial score (nSPS) is 12.1. The molecule has 0 saturated carbocycles. The molecule has 1 atom stereocenters. The Kier molecular flexibility index (Phi) is 5.67. The number of aliphatic carboxylic acids is 1. The Morgan fingerprint density at radius 1 is 1.32 bits per heavy atom. The Labute approximate surface area is 163 Å². The number of nitrogens with one attached hydrogen (secondary N) is 2. The maximum atomic E-state index is 12.6. The molecule has 0 unspecified atom stereocenters. The van der Waals surface area contributed by atoms with Crippen LogP contribution in [0.1, 0.15) is 23.7 Å². The zero-order chi connectivity index (χ0) is 20.3. The molecule has 0 radical (unpaired) electrons. The quantitative estimate of drug-likeness (QED) is 0.583. The number of para-hydroxylation sites is 1. The van der Waals surface area contributed by atoms with E-state index in [1.165, 1.54) is 4.90 Å². The van der Waals surface area contributed by atoms with Crippen LogP contribution in [0.5, 0.6) is 0 Å². The Morgan fingerprint density at radius 3 is 2.75 bits per heavy atom. The monoisotopic (exact) mass is 383 g/mol. The van der Waals surface area contributed by atoms with Crippen molar-refractivity contribution in [2.24, 2.45) is 0 Å². The van der Waals surface area contributed by atoms with Crippen LogP contribution in [0.2, 0.25) is 0 Å².